The molecule has 2 aromatic carbocycles. The van der Waals surface area contributed by atoms with Crippen LogP contribution < -0.4 is 4.74 Å². The maximum Gasteiger partial charge on any atom is 0.164 e. The molecular weight excluding hydrogens is 336 g/mol. The van der Waals surface area contributed by atoms with Crippen molar-refractivity contribution in [2.75, 3.05) is 34.7 Å². The minimum absolute atomic E-state index is 0.0587. The third kappa shape index (κ3) is 4.90. The first-order valence-corrected chi connectivity index (χ1v) is 9.00. The summed E-state index contributed by atoms with van der Waals surface area (Å²) >= 11 is 0. The molecule has 140 valence electrons. The molecule has 0 spiro atoms. The molecule has 0 aliphatic rings. The number of hydrogen-bond acceptors (Lipinski definition) is 5. The van der Waals surface area contributed by atoms with Crippen LogP contribution in [0.15, 0.2) is 66.9 Å². The highest BCUT2D eigenvalue weighted by Gasteiger charge is 2.17. The second kappa shape index (κ2) is 8.75. The van der Waals surface area contributed by atoms with Crippen LogP contribution in [0, 0.1) is 0 Å². The summed E-state index contributed by atoms with van der Waals surface area (Å²) in [4.78, 5) is 13.4. The van der Waals surface area contributed by atoms with Crippen LogP contribution in [-0.4, -0.2) is 60.7 Å². The highest BCUT2D eigenvalue weighted by atomic mass is 16.5. The van der Waals surface area contributed by atoms with Crippen molar-refractivity contribution in [1.29, 1.82) is 0 Å². The summed E-state index contributed by atoms with van der Waals surface area (Å²) < 4.78 is 6.34. The Balaban J connectivity index is 1.94. The molecule has 0 fully saturated rings. The molecule has 5 nitrogen and oxygen atoms in total. The molecule has 0 bridgehead atoms. The molecule has 1 aromatic heterocycles. The van der Waals surface area contributed by atoms with Crippen molar-refractivity contribution in [3.05, 3.63) is 66.9 Å². The molecule has 0 radical (unpaired) electrons. The van der Waals surface area contributed by atoms with Gasteiger partial charge in [0.15, 0.2) is 12.1 Å². The average molecular weight is 362 g/mol. The number of para-hydroxylation sites is 1. The summed E-state index contributed by atoms with van der Waals surface area (Å²) in [5.41, 5.74) is 2.81. The molecule has 0 saturated carbocycles. The Labute approximate surface area is 161 Å². The standard InChI is InChI=1S/C22H26N4O/c1-25(2)16-21(26(3)4)27-20-13-9-8-12-18(20)19-14-15-23-22(24-19)17-10-6-5-7-11-17/h5-15,21H,16H2,1-4H3. The van der Waals surface area contributed by atoms with Gasteiger partial charge in [0.1, 0.15) is 5.75 Å². The molecule has 3 aromatic rings. The van der Waals surface area contributed by atoms with Crippen LogP contribution in [0.1, 0.15) is 0 Å². The lowest BCUT2D eigenvalue weighted by atomic mass is 10.1. The van der Waals surface area contributed by atoms with Crippen LogP contribution in [0.4, 0.5) is 0 Å². The molecule has 1 atom stereocenters. The first-order valence-electron chi connectivity index (χ1n) is 9.00. The number of ether oxygens (including phenoxy) is 1. The SMILES string of the molecule is CN(C)CC(Oc1ccccc1-c1ccnc(-c2ccccc2)n1)N(C)C. The van der Waals surface area contributed by atoms with Crippen LogP contribution in [0.3, 0.4) is 0 Å². The Morgan fingerprint density at radius 3 is 2.30 bits per heavy atom. The van der Waals surface area contributed by atoms with Gasteiger partial charge in [-0.25, -0.2) is 9.97 Å². The van der Waals surface area contributed by atoms with Crippen LogP contribution >= 0.6 is 0 Å². The Hall–Kier alpha value is -2.76. The van der Waals surface area contributed by atoms with Gasteiger partial charge in [-0.2, -0.15) is 0 Å². The van der Waals surface area contributed by atoms with E-state index in [9.17, 15) is 0 Å². The summed E-state index contributed by atoms with van der Waals surface area (Å²) in [6, 6.07) is 19.9. The largest absolute Gasteiger partial charge is 0.473 e. The van der Waals surface area contributed by atoms with Crippen molar-refractivity contribution in [2.45, 2.75) is 6.23 Å². The Morgan fingerprint density at radius 2 is 1.59 bits per heavy atom. The van der Waals surface area contributed by atoms with Gasteiger partial charge in [0.25, 0.3) is 0 Å². The molecule has 3 rings (SSSR count). The third-order valence-electron chi connectivity index (χ3n) is 4.21. The summed E-state index contributed by atoms with van der Waals surface area (Å²) in [5, 5.41) is 0. The van der Waals surface area contributed by atoms with Crippen molar-refractivity contribution in [3.63, 3.8) is 0 Å². The highest BCUT2D eigenvalue weighted by molar-refractivity contribution is 5.69. The molecule has 0 N–H and O–H groups in total. The van der Waals surface area contributed by atoms with Crippen LogP contribution in [0.5, 0.6) is 5.75 Å². The molecule has 0 aliphatic heterocycles. The van der Waals surface area contributed by atoms with E-state index in [1.165, 1.54) is 0 Å². The van der Waals surface area contributed by atoms with Crippen molar-refractivity contribution >= 4 is 0 Å². The molecule has 5 heteroatoms. The second-order valence-corrected chi connectivity index (χ2v) is 6.93. The number of hydrogen-bond donors (Lipinski definition) is 0. The lowest BCUT2D eigenvalue weighted by molar-refractivity contribution is 0.0422. The maximum absolute atomic E-state index is 6.34. The summed E-state index contributed by atoms with van der Waals surface area (Å²) in [6.45, 7) is 0.792. The van der Waals surface area contributed by atoms with Gasteiger partial charge >= 0.3 is 0 Å². The number of nitrogens with zero attached hydrogens (tertiary/aromatic N) is 4. The number of likely N-dealkylation sites (N-methyl/N-ethyl adjacent to an activating group) is 2. The van der Waals surface area contributed by atoms with Crippen LogP contribution in [-0.2, 0) is 0 Å². The lowest BCUT2D eigenvalue weighted by Gasteiger charge is -2.28. The van der Waals surface area contributed by atoms with E-state index in [-0.39, 0.29) is 6.23 Å². The minimum Gasteiger partial charge on any atom is -0.473 e. The summed E-state index contributed by atoms with van der Waals surface area (Å²) in [6.07, 6.45) is 1.74. The smallest absolute Gasteiger partial charge is 0.164 e. The zero-order valence-corrected chi connectivity index (χ0v) is 16.3. The molecular formula is C22H26N4O. The van der Waals surface area contributed by atoms with E-state index in [1.807, 2.05) is 88.9 Å². The maximum atomic E-state index is 6.34. The molecule has 1 heterocycles. The molecule has 27 heavy (non-hydrogen) atoms. The van der Waals surface area contributed by atoms with E-state index >= 15 is 0 Å². The second-order valence-electron chi connectivity index (χ2n) is 6.93. The fourth-order valence-corrected chi connectivity index (χ4v) is 2.78. The molecule has 1 unspecified atom stereocenters. The number of aromatic nitrogens is 2. The van der Waals surface area contributed by atoms with Gasteiger partial charge in [0.2, 0.25) is 0 Å². The molecule has 0 amide bonds. The Kier molecular flexibility index (Phi) is 6.16. The van der Waals surface area contributed by atoms with Crippen LogP contribution in [0.25, 0.3) is 22.6 Å². The number of rotatable bonds is 7. The fourth-order valence-electron chi connectivity index (χ4n) is 2.78. The normalized spacial score (nSPS) is 12.4. The number of benzene rings is 2. The zero-order chi connectivity index (χ0) is 19.2. The van der Waals surface area contributed by atoms with Gasteiger partial charge in [0, 0.05) is 23.9 Å². The van der Waals surface area contributed by atoms with E-state index in [0.29, 0.717) is 5.82 Å². The lowest BCUT2D eigenvalue weighted by Crippen LogP contribution is -2.41. The summed E-state index contributed by atoms with van der Waals surface area (Å²) in [7, 11) is 8.13. The van der Waals surface area contributed by atoms with E-state index in [4.69, 9.17) is 9.72 Å². The van der Waals surface area contributed by atoms with Gasteiger partial charge in [0.05, 0.1) is 5.69 Å². The predicted molar refractivity (Wildman–Crippen MR) is 110 cm³/mol. The quantitative estimate of drug-likeness (QED) is 0.600. The average Bonchev–Trinajstić information content (AvgIpc) is 2.68. The van der Waals surface area contributed by atoms with Gasteiger partial charge in [-0.3, -0.25) is 4.90 Å². The van der Waals surface area contributed by atoms with Gasteiger partial charge < -0.3 is 9.64 Å². The minimum atomic E-state index is -0.0587. The highest BCUT2D eigenvalue weighted by Crippen LogP contribution is 2.30. The Bertz CT molecular complexity index is 865. The van der Waals surface area contributed by atoms with E-state index in [0.717, 1.165) is 29.1 Å². The van der Waals surface area contributed by atoms with Gasteiger partial charge in [-0.05, 0) is 46.4 Å². The van der Waals surface area contributed by atoms with Gasteiger partial charge in [-0.1, -0.05) is 42.5 Å². The topological polar surface area (TPSA) is 41.5 Å². The predicted octanol–water partition coefficient (Wildman–Crippen LogP) is 3.64. The van der Waals surface area contributed by atoms with E-state index < -0.39 is 0 Å². The monoisotopic (exact) mass is 362 g/mol. The van der Waals surface area contributed by atoms with Crippen LogP contribution in [0.2, 0.25) is 0 Å². The van der Waals surface area contributed by atoms with E-state index in [2.05, 4.69) is 14.8 Å². The van der Waals surface area contributed by atoms with Crippen molar-refractivity contribution in [3.8, 4) is 28.4 Å². The van der Waals surface area contributed by atoms with Crippen molar-refractivity contribution in [2.24, 2.45) is 0 Å². The zero-order valence-electron chi connectivity index (χ0n) is 16.3. The van der Waals surface area contributed by atoms with Crippen molar-refractivity contribution in [1.82, 2.24) is 19.8 Å². The summed E-state index contributed by atoms with van der Waals surface area (Å²) in [5.74, 6) is 1.52. The molecule has 0 saturated heterocycles. The third-order valence-corrected chi connectivity index (χ3v) is 4.21. The Morgan fingerprint density at radius 1 is 0.889 bits per heavy atom. The molecule has 0 aliphatic carbocycles. The first kappa shape index (κ1) is 19.0. The van der Waals surface area contributed by atoms with Gasteiger partial charge in [-0.15, -0.1) is 0 Å². The van der Waals surface area contributed by atoms with Crippen molar-refractivity contribution < 1.29 is 4.74 Å². The van der Waals surface area contributed by atoms with E-state index in [1.54, 1.807) is 6.20 Å². The fraction of sp³-hybridized carbons (Fsp3) is 0.273. The first-order chi connectivity index (χ1) is 13.0.